The first kappa shape index (κ1) is 24.8. The molecule has 0 saturated heterocycles. The highest BCUT2D eigenvalue weighted by Gasteiger charge is 1.91. The molecule has 0 unspecified atom stereocenters. The second-order valence-electron chi connectivity index (χ2n) is 3.54. The molecule has 4 heteroatoms. The van der Waals surface area contributed by atoms with Gasteiger partial charge in [-0.25, -0.2) is 0 Å². The Bertz CT molecular complexity index is 110. The van der Waals surface area contributed by atoms with E-state index in [1.54, 1.807) is 0 Å². The average molecular weight is 293 g/mol. The average Bonchev–Trinajstić information content (AvgIpc) is 2.52. The van der Waals surface area contributed by atoms with E-state index in [0.29, 0.717) is 26.4 Å². The summed E-state index contributed by atoms with van der Waals surface area (Å²) in [5, 5.41) is 3.19. The minimum absolute atomic E-state index is 0.656. The zero-order valence-electron chi connectivity index (χ0n) is 14.8. The normalized spacial score (nSPS) is 9.30. The summed E-state index contributed by atoms with van der Waals surface area (Å²) in [6.45, 7) is 18.4. The summed E-state index contributed by atoms with van der Waals surface area (Å²) in [6.07, 6.45) is 2.31. The predicted octanol–water partition coefficient (Wildman–Crippen LogP) is 3.50. The van der Waals surface area contributed by atoms with Gasteiger partial charge in [0.05, 0.1) is 33.0 Å². The summed E-state index contributed by atoms with van der Waals surface area (Å²) in [5.41, 5.74) is 0. The maximum atomic E-state index is 5.36. The second kappa shape index (κ2) is 31.3. The number of ether oxygens (including phenoxy) is 3. The van der Waals surface area contributed by atoms with Gasteiger partial charge in [-0.05, 0) is 13.0 Å². The van der Waals surface area contributed by atoms with Crippen molar-refractivity contribution in [1.82, 2.24) is 5.32 Å². The summed E-state index contributed by atoms with van der Waals surface area (Å²) < 4.78 is 16.1. The minimum Gasteiger partial charge on any atom is -0.379 e. The van der Waals surface area contributed by atoms with Gasteiger partial charge in [-0.2, -0.15) is 0 Å². The molecule has 0 saturated carbocycles. The van der Waals surface area contributed by atoms with Gasteiger partial charge < -0.3 is 19.5 Å². The van der Waals surface area contributed by atoms with Crippen LogP contribution in [0.4, 0.5) is 0 Å². The molecule has 0 rings (SSSR count). The Balaban J connectivity index is -0.000000656. The highest BCUT2D eigenvalue weighted by molar-refractivity contribution is 4.40. The van der Waals surface area contributed by atoms with Crippen LogP contribution >= 0.6 is 0 Å². The third kappa shape index (κ3) is 30.7. The molecule has 0 spiro atoms. The summed E-state index contributed by atoms with van der Waals surface area (Å²) >= 11 is 0. The van der Waals surface area contributed by atoms with Gasteiger partial charge in [-0.1, -0.05) is 48.0 Å². The second-order valence-corrected chi connectivity index (χ2v) is 3.54. The van der Waals surface area contributed by atoms with Crippen molar-refractivity contribution in [2.24, 2.45) is 0 Å². The number of unbranched alkanes of at least 4 members (excludes halogenated alkanes) is 1. The summed E-state index contributed by atoms with van der Waals surface area (Å²) in [6, 6.07) is 0. The van der Waals surface area contributed by atoms with Crippen molar-refractivity contribution in [2.45, 2.75) is 54.4 Å². The van der Waals surface area contributed by atoms with Gasteiger partial charge in [-0.3, -0.25) is 0 Å². The zero-order valence-corrected chi connectivity index (χ0v) is 14.8. The van der Waals surface area contributed by atoms with Gasteiger partial charge in [0.25, 0.3) is 0 Å². The fourth-order valence-electron chi connectivity index (χ4n) is 1.11. The Labute approximate surface area is 127 Å². The van der Waals surface area contributed by atoms with Gasteiger partial charge in [0.1, 0.15) is 0 Å². The molecule has 126 valence electrons. The summed E-state index contributed by atoms with van der Waals surface area (Å²) in [5.74, 6) is 0. The summed E-state index contributed by atoms with van der Waals surface area (Å²) in [4.78, 5) is 0. The molecule has 20 heavy (non-hydrogen) atoms. The van der Waals surface area contributed by atoms with Gasteiger partial charge in [0.2, 0.25) is 0 Å². The van der Waals surface area contributed by atoms with Crippen LogP contribution in [-0.2, 0) is 14.2 Å². The minimum atomic E-state index is 0.656. The third-order valence-corrected chi connectivity index (χ3v) is 2.06. The number of hydrogen-bond donors (Lipinski definition) is 1. The van der Waals surface area contributed by atoms with E-state index in [-0.39, 0.29) is 0 Å². The molecule has 0 amide bonds. The van der Waals surface area contributed by atoms with Crippen molar-refractivity contribution >= 4 is 0 Å². The topological polar surface area (TPSA) is 39.7 Å². The molecule has 0 aromatic heterocycles. The first-order valence-corrected chi connectivity index (χ1v) is 8.35. The maximum Gasteiger partial charge on any atom is 0.0701 e. The van der Waals surface area contributed by atoms with Crippen LogP contribution in [0.15, 0.2) is 0 Å². The lowest BCUT2D eigenvalue weighted by molar-refractivity contribution is 0.0147. The van der Waals surface area contributed by atoms with E-state index in [2.05, 4.69) is 19.2 Å². The Morgan fingerprint density at radius 3 is 1.55 bits per heavy atom. The van der Waals surface area contributed by atoms with Gasteiger partial charge in [-0.15, -0.1) is 0 Å². The lowest BCUT2D eigenvalue weighted by atomic mass is 10.4. The standard InChI is InChI=1S/C12H27NO3.2C2H6/c1-3-5-7-14-9-11-16-12-10-15-8-6-13-4-2;2*1-2/h13H,3-12H2,1-2H3;2*1-2H3. The number of rotatable bonds is 13. The van der Waals surface area contributed by atoms with E-state index >= 15 is 0 Å². The number of hydrogen-bond acceptors (Lipinski definition) is 4. The maximum absolute atomic E-state index is 5.36. The molecule has 0 heterocycles. The van der Waals surface area contributed by atoms with Crippen molar-refractivity contribution < 1.29 is 14.2 Å². The molecule has 0 aliphatic rings. The molecule has 0 atom stereocenters. The highest BCUT2D eigenvalue weighted by Crippen LogP contribution is 1.87. The predicted molar refractivity (Wildman–Crippen MR) is 88.6 cm³/mol. The monoisotopic (exact) mass is 293 g/mol. The first-order chi connectivity index (χ1) is 9.91. The van der Waals surface area contributed by atoms with E-state index < -0.39 is 0 Å². The van der Waals surface area contributed by atoms with E-state index in [1.807, 2.05) is 27.7 Å². The van der Waals surface area contributed by atoms with Gasteiger partial charge >= 0.3 is 0 Å². The quantitative estimate of drug-likeness (QED) is 0.528. The van der Waals surface area contributed by atoms with Crippen LogP contribution < -0.4 is 5.32 Å². The molecule has 0 aromatic carbocycles. The lowest BCUT2D eigenvalue weighted by Crippen LogP contribution is -2.20. The van der Waals surface area contributed by atoms with Crippen molar-refractivity contribution in [1.29, 1.82) is 0 Å². The van der Waals surface area contributed by atoms with E-state index in [4.69, 9.17) is 14.2 Å². The fourth-order valence-corrected chi connectivity index (χ4v) is 1.11. The van der Waals surface area contributed by atoms with Crippen LogP contribution in [-0.4, -0.2) is 52.7 Å². The van der Waals surface area contributed by atoms with E-state index in [0.717, 1.165) is 32.7 Å². The van der Waals surface area contributed by atoms with Crippen LogP contribution in [0.25, 0.3) is 0 Å². The van der Waals surface area contributed by atoms with Crippen LogP contribution in [0.3, 0.4) is 0 Å². The van der Waals surface area contributed by atoms with Crippen LogP contribution in [0.1, 0.15) is 54.4 Å². The van der Waals surface area contributed by atoms with Crippen LogP contribution in [0.2, 0.25) is 0 Å². The van der Waals surface area contributed by atoms with Crippen molar-refractivity contribution in [3.8, 4) is 0 Å². The number of nitrogens with one attached hydrogen (secondary N) is 1. The van der Waals surface area contributed by atoms with Crippen LogP contribution in [0, 0.1) is 0 Å². The van der Waals surface area contributed by atoms with Crippen LogP contribution in [0.5, 0.6) is 0 Å². The molecule has 1 N–H and O–H groups in total. The Hall–Kier alpha value is -0.160. The molecule has 4 nitrogen and oxygen atoms in total. The van der Waals surface area contributed by atoms with Crippen molar-refractivity contribution in [2.75, 3.05) is 52.7 Å². The molecule has 0 fully saturated rings. The fraction of sp³-hybridized carbons (Fsp3) is 1.00. The van der Waals surface area contributed by atoms with Crippen molar-refractivity contribution in [3.63, 3.8) is 0 Å². The SMILES string of the molecule is CC.CC.CCCCOCCOCCOCCNCC. The largest absolute Gasteiger partial charge is 0.379 e. The van der Waals surface area contributed by atoms with Gasteiger partial charge in [0, 0.05) is 13.2 Å². The Kier molecular flexibility index (Phi) is 38.9. The molecule has 0 aromatic rings. The smallest absolute Gasteiger partial charge is 0.0701 e. The molecule has 0 aliphatic carbocycles. The molecule has 0 radical (unpaired) electrons. The number of likely N-dealkylation sites (N-methyl/N-ethyl adjacent to an activating group) is 1. The molecular weight excluding hydrogens is 254 g/mol. The van der Waals surface area contributed by atoms with Gasteiger partial charge in [0.15, 0.2) is 0 Å². The van der Waals surface area contributed by atoms with Crippen molar-refractivity contribution in [3.05, 3.63) is 0 Å². The summed E-state index contributed by atoms with van der Waals surface area (Å²) in [7, 11) is 0. The lowest BCUT2D eigenvalue weighted by Gasteiger charge is -2.06. The van der Waals surface area contributed by atoms with E-state index in [9.17, 15) is 0 Å². The Morgan fingerprint density at radius 1 is 0.650 bits per heavy atom. The Morgan fingerprint density at radius 2 is 1.10 bits per heavy atom. The molecular formula is C16H39NO3. The zero-order chi connectivity index (χ0) is 15.9. The third-order valence-electron chi connectivity index (χ3n) is 2.06. The van der Waals surface area contributed by atoms with E-state index in [1.165, 1.54) is 6.42 Å². The molecule has 0 bridgehead atoms. The first-order valence-electron chi connectivity index (χ1n) is 8.35. The molecule has 0 aliphatic heterocycles. The highest BCUT2D eigenvalue weighted by atomic mass is 16.5.